The van der Waals surface area contributed by atoms with Crippen molar-refractivity contribution in [1.82, 2.24) is 15.2 Å². The van der Waals surface area contributed by atoms with E-state index in [1.54, 1.807) is 11.3 Å². The zero-order valence-electron chi connectivity index (χ0n) is 13.7. The molecular formula is C18H23N3OS. The van der Waals surface area contributed by atoms with Crippen LogP contribution in [0, 0.1) is 13.8 Å². The molecule has 2 heterocycles. The van der Waals surface area contributed by atoms with Crippen molar-refractivity contribution >= 4 is 17.4 Å². The summed E-state index contributed by atoms with van der Waals surface area (Å²) < 4.78 is 0. The fourth-order valence-corrected chi connectivity index (χ4v) is 4.02. The number of benzene rings is 1. The second-order valence-corrected chi connectivity index (χ2v) is 6.84. The van der Waals surface area contributed by atoms with E-state index in [0.29, 0.717) is 6.54 Å². The van der Waals surface area contributed by atoms with Gasteiger partial charge in [0, 0.05) is 24.9 Å². The zero-order chi connectivity index (χ0) is 16.2. The highest BCUT2D eigenvalue weighted by molar-refractivity contribution is 7.07. The summed E-state index contributed by atoms with van der Waals surface area (Å²) in [5.74, 6) is 0. The first kappa shape index (κ1) is 16.0. The van der Waals surface area contributed by atoms with Gasteiger partial charge >= 0.3 is 6.03 Å². The van der Waals surface area contributed by atoms with Crippen LogP contribution in [0.4, 0.5) is 4.79 Å². The van der Waals surface area contributed by atoms with E-state index in [1.807, 2.05) is 15.8 Å². The van der Waals surface area contributed by atoms with Crippen LogP contribution in [0.15, 0.2) is 29.1 Å². The number of nitrogens with one attached hydrogen (secondary N) is 1. The Kier molecular flexibility index (Phi) is 4.96. The molecule has 122 valence electrons. The fraction of sp³-hybridized carbons (Fsp3) is 0.444. The molecule has 1 unspecified atom stereocenters. The normalized spacial score (nSPS) is 17.5. The van der Waals surface area contributed by atoms with Gasteiger partial charge in [0.2, 0.25) is 0 Å². The number of amides is 2. The van der Waals surface area contributed by atoms with Crippen molar-refractivity contribution < 1.29 is 4.79 Å². The lowest BCUT2D eigenvalue weighted by atomic mass is 9.94. The van der Waals surface area contributed by atoms with Gasteiger partial charge in [-0.3, -0.25) is 0 Å². The lowest BCUT2D eigenvalue weighted by Gasteiger charge is -2.27. The first-order valence-electron chi connectivity index (χ1n) is 8.14. The van der Waals surface area contributed by atoms with Crippen LogP contribution in [-0.4, -0.2) is 29.0 Å². The number of aromatic nitrogens is 1. The van der Waals surface area contributed by atoms with Gasteiger partial charge < -0.3 is 10.2 Å². The van der Waals surface area contributed by atoms with Gasteiger partial charge in [0.05, 0.1) is 17.2 Å². The smallest absolute Gasteiger partial charge is 0.317 e. The van der Waals surface area contributed by atoms with Crippen LogP contribution in [0.5, 0.6) is 0 Å². The summed E-state index contributed by atoms with van der Waals surface area (Å²) in [5, 5.41) is 5.08. The molecule has 1 aromatic heterocycles. The molecule has 4 nitrogen and oxygen atoms in total. The van der Waals surface area contributed by atoms with Crippen LogP contribution < -0.4 is 5.32 Å². The topological polar surface area (TPSA) is 45.2 Å². The SMILES string of the molecule is Cc1cccc(C)c1C1CCCN1C(=O)NCCc1cscn1. The first-order chi connectivity index (χ1) is 11.2. The molecule has 1 aromatic carbocycles. The highest BCUT2D eigenvalue weighted by atomic mass is 32.1. The van der Waals surface area contributed by atoms with E-state index in [1.165, 1.54) is 16.7 Å². The Hall–Kier alpha value is -1.88. The number of urea groups is 1. The monoisotopic (exact) mass is 329 g/mol. The van der Waals surface area contributed by atoms with Crippen molar-refractivity contribution in [3.05, 3.63) is 51.5 Å². The summed E-state index contributed by atoms with van der Waals surface area (Å²) in [4.78, 5) is 18.8. The Morgan fingerprint density at radius 2 is 2.17 bits per heavy atom. The number of nitrogens with zero attached hydrogens (tertiary/aromatic N) is 2. The van der Waals surface area contributed by atoms with Crippen LogP contribution in [0.1, 0.15) is 41.3 Å². The average Bonchev–Trinajstić information content (AvgIpc) is 3.18. The van der Waals surface area contributed by atoms with Crippen molar-refractivity contribution in [2.45, 2.75) is 39.2 Å². The van der Waals surface area contributed by atoms with Crippen LogP contribution in [0.3, 0.4) is 0 Å². The minimum atomic E-state index is 0.0467. The molecule has 23 heavy (non-hydrogen) atoms. The number of carbonyl (C=O) groups excluding carboxylic acids is 1. The number of hydrogen-bond acceptors (Lipinski definition) is 3. The Morgan fingerprint density at radius 1 is 1.39 bits per heavy atom. The predicted molar refractivity (Wildman–Crippen MR) is 93.8 cm³/mol. The number of likely N-dealkylation sites (tertiary alicyclic amines) is 1. The van der Waals surface area contributed by atoms with E-state index >= 15 is 0 Å². The van der Waals surface area contributed by atoms with E-state index in [4.69, 9.17) is 0 Å². The maximum atomic E-state index is 12.6. The number of carbonyl (C=O) groups is 1. The molecule has 0 spiro atoms. The molecule has 2 amide bonds. The number of aryl methyl sites for hydroxylation is 2. The lowest BCUT2D eigenvalue weighted by Crippen LogP contribution is -2.40. The summed E-state index contributed by atoms with van der Waals surface area (Å²) in [6, 6.07) is 6.61. The van der Waals surface area contributed by atoms with Gasteiger partial charge in [-0.05, 0) is 43.4 Å². The Bertz CT molecular complexity index is 649. The van der Waals surface area contributed by atoms with E-state index < -0.39 is 0 Å². The first-order valence-corrected chi connectivity index (χ1v) is 9.08. The predicted octanol–water partition coefficient (Wildman–Crippen LogP) is 3.85. The van der Waals surface area contributed by atoms with E-state index in [9.17, 15) is 4.79 Å². The highest BCUT2D eigenvalue weighted by Gasteiger charge is 2.31. The summed E-state index contributed by atoms with van der Waals surface area (Å²) >= 11 is 1.59. The molecule has 0 bridgehead atoms. The van der Waals surface area contributed by atoms with Gasteiger partial charge in [-0.2, -0.15) is 0 Å². The van der Waals surface area contributed by atoms with Crippen molar-refractivity contribution in [3.63, 3.8) is 0 Å². The van der Waals surface area contributed by atoms with Gasteiger partial charge in [0.15, 0.2) is 0 Å². The zero-order valence-corrected chi connectivity index (χ0v) is 14.5. The molecule has 3 rings (SSSR count). The molecule has 1 fully saturated rings. The molecular weight excluding hydrogens is 306 g/mol. The van der Waals surface area contributed by atoms with Crippen molar-refractivity contribution in [2.24, 2.45) is 0 Å². The maximum Gasteiger partial charge on any atom is 0.317 e. The van der Waals surface area contributed by atoms with Crippen LogP contribution in [0.2, 0.25) is 0 Å². The van der Waals surface area contributed by atoms with Crippen molar-refractivity contribution in [3.8, 4) is 0 Å². The largest absolute Gasteiger partial charge is 0.338 e. The van der Waals surface area contributed by atoms with Crippen LogP contribution in [-0.2, 0) is 6.42 Å². The molecule has 0 radical (unpaired) electrons. The Labute approximate surface area is 141 Å². The standard InChI is InChI=1S/C18H23N3OS/c1-13-5-3-6-14(2)17(13)16-7-4-10-21(16)18(22)19-9-8-15-11-23-12-20-15/h3,5-6,11-12,16H,4,7-10H2,1-2H3,(H,19,22). The van der Waals surface area contributed by atoms with Gasteiger partial charge in [-0.15, -0.1) is 11.3 Å². The third-order valence-electron chi connectivity index (χ3n) is 4.53. The van der Waals surface area contributed by atoms with E-state index in [0.717, 1.165) is 31.5 Å². The third kappa shape index (κ3) is 3.55. The number of thiazole rings is 1. The lowest BCUT2D eigenvalue weighted by molar-refractivity contribution is 0.193. The molecule has 1 N–H and O–H groups in total. The average molecular weight is 329 g/mol. The molecule has 2 aromatic rings. The molecule has 0 saturated carbocycles. The Morgan fingerprint density at radius 3 is 2.87 bits per heavy atom. The molecule has 1 aliphatic heterocycles. The van der Waals surface area contributed by atoms with Gasteiger partial charge in [-0.25, -0.2) is 9.78 Å². The van der Waals surface area contributed by atoms with E-state index in [-0.39, 0.29) is 12.1 Å². The van der Waals surface area contributed by atoms with Gasteiger partial charge in [0.25, 0.3) is 0 Å². The summed E-state index contributed by atoms with van der Waals surface area (Å²) in [7, 11) is 0. The molecule has 1 saturated heterocycles. The summed E-state index contributed by atoms with van der Waals surface area (Å²) in [5.41, 5.74) is 6.74. The van der Waals surface area contributed by atoms with Gasteiger partial charge in [0.1, 0.15) is 0 Å². The molecule has 1 aliphatic rings. The maximum absolute atomic E-state index is 12.6. The van der Waals surface area contributed by atoms with Crippen molar-refractivity contribution in [1.29, 1.82) is 0 Å². The van der Waals surface area contributed by atoms with Gasteiger partial charge in [-0.1, -0.05) is 18.2 Å². The summed E-state index contributed by atoms with van der Waals surface area (Å²) in [6.45, 7) is 5.75. The molecule has 5 heteroatoms. The second-order valence-electron chi connectivity index (χ2n) is 6.12. The molecule has 1 atom stereocenters. The Balaban J connectivity index is 1.65. The number of hydrogen-bond donors (Lipinski definition) is 1. The third-order valence-corrected chi connectivity index (χ3v) is 5.17. The quantitative estimate of drug-likeness (QED) is 0.926. The van der Waals surface area contributed by atoms with E-state index in [2.05, 4.69) is 42.3 Å². The van der Waals surface area contributed by atoms with Crippen molar-refractivity contribution in [2.75, 3.05) is 13.1 Å². The number of rotatable bonds is 4. The summed E-state index contributed by atoms with van der Waals surface area (Å²) in [6.07, 6.45) is 2.90. The molecule has 0 aliphatic carbocycles. The fourth-order valence-electron chi connectivity index (χ4n) is 3.42. The second kappa shape index (κ2) is 7.13. The van der Waals surface area contributed by atoms with Crippen LogP contribution in [0.25, 0.3) is 0 Å². The van der Waals surface area contributed by atoms with Crippen LogP contribution >= 0.6 is 11.3 Å². The minimum Gasteiger partial charge on any atom is -0.338 e. The minimum absolute atomic E-state index is 0.0467. The highest BCUT2D eigenvalue weighted by Crippen LogP contribution is 2.35.